The van der Waals surface area contributed by atoms with Crippen molar-refractivity contribution in [2.45, 2.75) is 31.8 Å². The van der Waals surface area contributed by atoms with Gasteiger partial charge in [0, 0.05) is 39.3 Å². The van der Waals surface area contributed by atoms with Gasteiger partial charge in [-0.25, -0.2) is 4.79 Å². The predicted molar refractivity (Wildman–Crippen MR) is 66.0 cm³/mol. The number of amides is 1. The molecule has 0 radical (unpaired) electrons. The van der Waals surface area contributed by atoms with E-state index in [0.29, 0.717) is 6.54 Å². The van der Waals surface area contributed by atoms with Gasteiger partial charge in [-0.3, -0.25) is 4.90 Å². The van der Waals surface area contributed by atoms with Crippen LogP contribution in [-0.2, 0) is 4.74 Å². The maximum absolute atomic E-state index is 11.5. The molecule has 1 amide bonds. The maximum Gasteiger partial charge on any atom is 0.407 e. The quantitative estimate of drug-likeness (QED) is 0.755. The summed E-state index contributed by atoms with van der Waals surface area (Å²) >= 11 is 0. The van der Waals surface area contributed by atoms with Crippen LogP contribution in [0.2, 0.25) is 0 Å². The molecular formula is C12H23N3O2. The second-order valence-corrected chi connectivity index (χ2v) is 4.83. The van der Waals surface area contributed by atoms with Crippen LogP contribution in [0, 0.1) is 0 Å². The van der Waals surface area contributed by atoms with Gasteiger partial charge in [0.1, 0.15) is 6.10 Å². The van der Waals surface area contributed by atoms with Crippen LogP contribution in [0.25, 0.3) is 0 Å². The molecule has 2 aliphatic rings. The van der Waals surface area contributed by atoms with Gasteiger partial charge in [-0.2, -0.15) is 0 Å². The monoisotopic (exact) mass is 241 g/mol. The van der Waals surface area contributed by atoms with E-state index in [0.717, 1.165) is 45.6 Å². The Hall–Kier alpha value is -0.810. The zero-order valence-electron chi connectivity index (χ0n) is 10.4. The molecular weight excluding hydrogens is 218 g/mol. The molecule has 0 aromatic carbocycles. The summed E-state index contributed by atoms with van der Waals surface area (Å²) < 4.78 is 5.32. The lowest BCUT2D eigenvalue weighted by atomic mass is 10.3. The summed E-state index contributed by atoms with van der Waals surface area (Å²) in [6.07, 6.45) is 4.37. The Kier molecular flexibility index (Phi) is 5.07. The van der Waals surface area contributed by atoms with Crippen molar-refractivity contribution in [3.63, 3.8) is 0 Å². The highest BCUT2D eigenvalue weighted by Crippen LogP contribution is 2.20. The van der Waals surface area contributed by atoms with Gasteiger partial charge in [-0.1, -0.05) is 0 Å². The number of piperazine rings is 1. The van der Waals surface area contributed by atoms with Crippen molar-refractivity contribution in [1.82, 2.24) is 15.5 Å². The lowest BCUT2D eigenvalue weighted by Gasteiger charge is -2.27. The topological polar surface area (TPSA) is 53.6 Å². The molecule has 0 aromatic heterocycles. The third-order valence-corrected chi connectivity index (χ3v) is 3.48. The number of hydrogen-bond donors (Lipinski definition) is 2. The Morgan fingerprint density at radius 3 is 2.71 bits per heavy atom. The number of nitrogens with one attached hydrogen (secondary N) is 2. The maximum atomic E-state index is 11.5. The van der Waals surface area contributed by atoms with Crippen LogP contribution in [0.15, 0.2) is 0 Å². The van der Waals surface area contributed by atoms with Crippen LogP contribution in [0.5, 0.6) is 0 Å². The third kappa shape index (κ3) is 4.52. The molecule has 0 spiro atoms. The van der Waals surface area contributed by atoms with Gasteiger partial charge >= 0.3 is 6.09 Å². The minimum Gasteiger partial charge on any atom is -0.446 e. The zero-order valence-corrected chi connectivity index (χ0v) is 10.4. The van der Waals surface area contributed by atoms with E-state index in [1.165, 1.54) is 12.8 Å². The van der Waals surface area contributed by atoms with Crippen LogP contribution < -0.4 is 10.6 Å². The van der Waals surface area contributed by atoms with Crippen LogP contribution in [0.1, 0.15) is 25.7 Å². The van der Waals surface area contributed by atoms with Crippen molar-refractivity contribution in [2.75, 3.05) is 39.3 Å². The number of carbonyl (C=O) groups is 1. The first-order valence-electron chi connectivity index (χ1n) is 6.72. The Balaban J connectivity index is 1.53. The van der Waals surface area contributed by atoms with E-state index in [1.54, 1.807) is 0 Å². The molecule has 1 saturated heterocycles. The molecule has 5 nitrogen and oxygen atoms in total. The largest absolute Gasteiger partial charge is 0.446 e. The highest BCUT2D eigenvalue weighted by atomic mass is 16.6. The van der Waals surface area contributed by atoms with Crippen molar-refractivity contribution in [3.05, 3.63) is 0 Å². The summed E-state index contributed by atoms with van der Waals surface area (Å²) in [4.78, 5) is 13.8. The number of rotatable bonds is 4. The van der Waals surface area contributed by atoms with Crippen LogP contribution in [0.4, 0.5) is 4.79 Å². The van der Waals surface area contributed by atoms with Gasteiger partial charge in [-0.15, -0.1) is 0 Å². The Morgan fingerprint density at radius 1 is 1.29 bits per heavy atom. The summed E-state index contributed by atoms with van der Waals surface area (Å²) in [5, 5.41) is 6.14. The number of nitrogens with zero attached hydrogens (tertiary/aromatic N) is 1. The second kappa shape index (κ2) is 6.81. The molecule has 0 aromatic rings. The van der Waals surface area contributed by atoms with Gasteiger partial charge in [0.15, 0.2) is 0 Å². The van der Waals surface area contributed by atoms with E-state index in [9.17, 15) is 4.79 Å². The molecule has 2 rings (SSSR count). The van der Waals surface area contributed by atoms with E-state index in [1.807, 2.05) is 0 Å². The molecule has 0 atom stereocenters. The van der Waals surface area contributed by atoms with Crippen LogP contribution in [-0.4, -0.2) is 56.4 Å². The minimum absolute atomic E-state index is 0.161. The van der Waals surface area contributed by atoms with Crippen molar-refractivity contribution < 1.29 is 9.53 Å². The molecule has 0 unspecified atom stereocenters. The minimum atomic E-state index is -0.243. The first-order chi connectivity index (χ1) is 8.34. The summed E-state index contributed by atoms with van der Waals surface area (Å²) in [6.45, 7) is 5.84. The molecule has 2 N–H and O–H groups in total. The number of alkyl carbamates (subject to hydrolysis) is 1. The van der Waals surface area contributed by atoms with E-state index < -0.39 is 0 Å². The highest BCUT2D eigenvalue weighted by molar-refractivity contribution is 5.67. The molecule has 1 heterocycles. The Morgan fingerprint density at radius 2 is 2.00 bits per heavy atom. The molecule has 5 heteroatoms. The fourth-order valence-electron chi connectivity index (χ4n) is 2.45. The fraction of sp³-hybridized carbons (Fsp3) is 0.917. The molecule has 17 heavy (non-hydrogen) atoms. The molecule has 1 aliphatic heterocycles. The number of ether oxygens (including phenoxy) is 1. The van der Waals surface area contributed by atoms with Crippen LogP contribution in [0.3, 0.4) is 0 Å². The second-order valence-electron chi connectivity index (χ2n) is 4.83. The normalized spacial score (nSPS) is 22.6. The third-order valence-electron chi connectivity index (χ3n) is 3.48. The smallest absolute Gasteiger partial charge is 0.407 e. The average Bonchev–Trinajstić information content (AvgIpc) is 2.83. The molecule has 2 fully saturated rings. The number of carbonyl (C=O) groups excluding carboxylic acids is 1. The van der Waals surface area contributed by atoms with Gasteiger partial charge in [0.2, 0.25) is 0 Å². The first kappa shape index (κ1) is 12.6. The highest BCUT2D eigenvalue weighted by Gasteiger charge is 2.19. The van der Waals surface area contributed by atoms with Gasteiger partial charge in [-0.05, 0) is 25.7 Å². The van der Waals surface area contributed by atoms with Crippen LogP contribution >= 0.6 is 0 Å². The van der Waals surface area contributed by atoms with E-state index in [4.69, 9.17) is 4.74 Å². The van der Waals surface area contributed by atoms with E-state index >= 15 is 0 Å². The summed E-state index contributed by atoms with van der Waals surface area (Å²) in [7, 11) is 0. The average molecular weight is 241 g/mol. The standard InChI is InChI=1S/C12H23N3O2/c16-12(17-11-3-1-2-4-11)14-7-10-15-8-5-13-6-9-15/h11,13H,1-10H2,(H,14,16). The summed E-state index contributed by atoms with van der Waals surface area (Å²) in [5.74, 6) is 0. The SMILES string of the molecule is O=C(NCCN1CCNCC1)OC1CCCC1. The van der Waals surface area contributed by atoms with Crippen molar-refractivity contribution in [1.29, 1.82) is 0 Å². The van der Waals surface area contributed by atoms with Gasteiger partial charge < -0.3 is 15.4 Å². The van der Waals surface area contributed by atoms with Gasteiger partial charge in [0.25, 0.3) is 0 Å². The zero-order chi connectivity index (χ0) is 11.9. The summed E-state index contributed by atoms with van der Waals surface area (Å²) in [5.41, 5.74) is 0. The number of hydrogen-bond acceptors (Lipinski definition) is 4. The molecule has 1 saturated carbocycles. The van der Waals surface area contributed by atoms with E-state index in [2.05, 4.69) is 15.5 Å². The lowest BCUT2D eigenvalue weighted by Crippen LogP contribution is -2.46. The van der Waals surface area contributed by atoms with Gasteiger partial charge in [0.05, 0.1) is 0 Å². The van der Waals surface area contributed by atoms with Crippen molar-refractivity contribution in [3.8, 4) is 0 Å². The molecule has 1 aliphatic carbocycles. The van der Waals surface area contributed by atoms with E-state index in [-0.39, 0.29) is 12.2 Å². The first-order valence-corrected chi connectivity index (χ1v) is 6.72. The predicted octanol–water partition coefficient (Wildman–Crippen LogP) is 0.560. The van der Waals surface area contributed by atoms with Crippen molar-refractivity contribution in [2.24, 2.45) is 0 Å². The Labute approximate surface area is 103 Å². The fourth-order valence-corrected chi connectivity index (χ4v) is 2.45. The molecule has 0 bridgehead atoms. The Bertz CT molecular complexity index is 236. The molecule has 98 valence electrons. The summed E-state index contributed by atoms with van der Waals surface area (Å²) in [6, 6.07) is 0. The van der Waals surface area contributed by atoms with Crippen molar-refractivity contribution >= 4 is 6.09 Å². The lowest BCUT2D eigenvalue weighted by molar-refractivity contribution is 0.0997.